The largest absolute Gasteiger partial charge is 0.315 e. The van der Waals surface area contributed by atoms with E-state index in [0.29, 0.717) is 6.54 Å². The molecule has 0 N–H and O–H groups in total. The van der Waals surface area contributed by atoms with Crippen LogP contribution in [0.4, 0.5) is 0 Å². The summed E-state index contributed by atoms with van der Waals surface area (Å²) in [5.41, 5.74) is 6.75. The third-order valence-electron chi connectivity index (χ3n) is 3.82. The van der Waals surface area contributed by atoms with Gasteiger partial charge >= 0.3 is 0 Å². The maximum atomic E-state index is 4.86. The summed E-state index contributed by atoms with van der Waals surface area (Å²) in [6.45, 7) is 2.71. The fourth-order valence-corrected chi connectivity index (χ4v) is 2.84. The Morgan fingerprint density at radius 3 is 2.86 bits per heavy atom. The minimum absolute atomic E-state index is 0.703. The Balaban J connectivity index is 1.94. The zero-order valence-corrected chi connectivity index (χ0v) is 11.8. The molecule has 0 saturated carbocycles. The van der Waals surface area contributed by atoms with Crippen molar-refractivity contribution in [3.63, 3.8) is 0 Å². The summed E-state index contributed by atoms with van der Waals surface area (Å²) in [5, 5.41) is 0. The lowest BCUT2D eigenvalue weighted by molar-refractivity contribution is 1.02. The number of aromatic nitrogens is 2. The SMILES string of the molecule is Cc1cc(C2=NCc3ccccc3-n3cccc32)ccn1. The van der Waals surface area contributed by atoms with Crippen molar-refractivity contribution >= 4 is 5.71 Å². The summed E-state index contributed by atoms with van der Waals surface area (Å²) in [6, 6.07) is 16.7. The summed E-state index contributed by atoms with van der Waals surface area (Å²) < 4.78 is 2.22. The van der Waals surface area contributed by atoms with Crippen molar-refractivity contribution < 1.29 is 0 Å². The lowest BCUT2D eigenvalue weighted by Crippen LogP contribution is -2.08. The first-order valence-corrected chi connectivity index (χ1v) is 7.06. The molecule has 1 aromatic carbocycles. The second-order valence-corrected chi connectivity index (χ2v) is 5.24. The molecule has 0 spiro atoms. The van der Waals surface area contributed by atoms with Crippen LogP contribution in [0.25, 0.3) is 5.69 Å². The topological polar surface area (TPSA) is 30.2 Å². The van der Waals surface area contributed by atoms with Crippen LogP contribution in [0.15, 0.2) is 65.9 Å². The van der Waals surface area contributed by atoms with E-state index in [2.05, 4.69) is 58.2 Å². The highest BCUT2D eigenvalue weighted by molar-refractivity contribution is 6.12. The minimum Gasteiger partial charge on any atom is -0.315 e. The molecule has 2 aromatic heterocycles. The number of pyridine rings is 1. The van der Waals surface area contributed by atoms with E-state index >= 15 is 0 Å². The van der Waals surface area contributed by atoms with Crippen LogP contribution in [0.2, 0.25) is 0 Å². The molecule has 0 atom stereocenters. The number of hydrogen-bond acceptors (Lipinski definition) is 2. The van der Waals surface area contributed by atoms with Gasteiger partial charge in [0.2, 0.25) is 0 Å². The maximum Gasteiger partial charge on any atom is 0.0892 e. The minimum atomic E-state index is 0.703. The number of hydrogen-bond donors (Lipinski definition) is 0. The smallest absolute Gasteiger partial charge is 0.0892 e. The van der Waals surface area contributed by atoms with Gasteiger partial charge in [0.25, 0.3) is 0 Å². The lowest BCUT2D eigenvalue weighted by Gasteiger charge is -2.10. The van der Waals surface area contributed by atoms with Gasteiger partial charge in [-0.3, -0.25) is 9.98 Å². The third kappa shape index (κ3) is 1.98. The summed E-state index contributed by atoms with van der Waals surface area (Å²) in [5.74, 6) is 0. The molecule has 3 heterocycles. The standard InChI is InChI=1S/C18H15N3/c1-13-11-14(8-9-19-13)18-17-7-4-10-21(17)16-6-3-2-5-15(16)12-20-18/h2-11H,12H2,1H3. The van der Waals surface area contributed by atoms with Crippen molar-refractivity contribution in [3.05, 3.63) is 83.4 Å². The van der Waals surface area contributed by atoms with E-state index in [1.165, 1.54) is 11.3 Å². The second-order valence-electron chi connectivity index (χ2n) is 5.24. The molecule has 3 aromatic rings. The van der Waals surface area contributed by atoms with Gasteiger partial charge in [-0.1, -0.05) is 18.2 Å². The second kappa shape index (κ2) is 4.70. The van der Waals surface area contributed by atoms with Crippen LogP contribution in [0.1, 0.15) is 22.5 Å². The van der Waals surface area contributed by atoms with E-state index in [1.807, 2.05) is 19.2 Å². The quantitative estimate of drug-likeness (QED) is 0.667. The third-order valence-corrected chi connectivity index (χ3v) is 3.82. The van der Waals surface area contributed by atoms with Gasteiger partial charge in [0, 0.05) is 23.7 Å². The molecular weight excluding hydrogens is 258 g/mol. The van der Waals surface area contributed by atoms with Gasteiger partial charge in [-0.05, 0) is 42.8 Å². The molecule has 0 radical (unpaired) electrons. The molecule has 4 rings (SSSR count). The zero-order valence-electron chi connectivity index (χ0n) is 11.8. The first-order valence-electron chi connectivity index (χ1n) is 7.06. The van der Waals surface area contributed by atoms with Gasteiger partial charge in [0.15, 0.2) is 0 Å². The highest BCUT2D eigenvalue weighted by atomic mass is 15.0. The molecule has 0 aliphatic carbocycles. The molecule has 0 unspecified atom stereocenters. The maximum absolute atomic E-state index is 4.86. The van der Waals surface area contributed by atoms with Crippen LogP contribution in [0, 0.1) is 6.92 Å². The Morgan fingerprint density at radius 2 is 1.95 bits per heavy atom. The lowest BCUT2D eigenvalue weighted by atomic mass is 10.1. The van der Waals surface area contributed by atoms with Crippen LogP contribution in [-0.4, -0.2) is 15.3 Å². The Kier molecular flexibility index (Phi) is 2.71. The molecule has 0 saturated heterocycles. The van der Waals surface area contributed by atoms with Crippen molar-refractivity contribution in [2.24, 2.45) is 4.99 Å². The van der Waals surface area contributed by atoms with Gasteiger partial charge in [0.05, 0.1) is 23.6 Å². The monoisotopic (exact) mass is 273 g/mol. The van der Waals surface area contributed by atoms with Crippen LogP contribution in [-0.2, 0) is 6.54 Å². The Morgan fingerprint density at radius 1 is 1.05 bits per heavy atom. The summed E-state index contributed by atoms with van der Waals surface area (Å²) >= 11 is 0. The number of rotatable bonds is 1. The van der Waals surface area contributed by atoms with E-state index in [9.17, 15) is 0 Å². The highest BCUT2D eigenvalue weighted by Crippen LogP contribution is 2.24. The number of aryl methyl sites for hydroxylation is 1. The number of nitrogens with zero attached hydrogens (tertiary/aromatic N) is 3. The zero-order chi connectivity index (χ0) is 14.2. The molecule has 0 fully saturated rings. The molecule has 21 heavy (non-hydrogen) atoms. The van der Waals surface area contributed by atoms with Crippen molar-refractivity contribution in [1.29, 1.82) is 0 Å². The van der Waals surface area contributed by atoms with Crippen molar-refractivity contribution in [1.82, 2.24) is 9.55 Å². The van der Waals surface area contributed by atoms with Gasteiger partial charge < -0.3 is 4.57 Å². The van der Waals surface area contributed by atoms with Crippen molar-refractivity contribution in [2.75, 3.05) is 0 Å². The van der Waals surface area contributed by atoms with Crippen LogP contribution < -0.4 is 0 Å². The van der Waals surface area contributed by atoms with Crippen LogP contribution in [0.3, 0.4) is 0 Å². The van der Waals surface area contributed by atoms with E-state index < -0.39 is 0 Å². The van der Waals surface area contributed by atoms with Crippen LogP contribution in [0.5, 0.6) is 0 Å². The molecule has 0 amide bonds. The number of aliphatic imine (C=N–C) groups is 1. The number of para-hydroxylation sites is 1. The fourth-order valence-electron chi connectivity index (χ4n) is 2.84. The Hall–Kier alpha value is -2.68. The number of benzene rings is 1. The molecule has 3 nitrogen and oxygen atoms in total. The number of fused-ring (bicyclic) bond motifs is 3. The highest BCUT2D eigenvalue weighted by Gasteiger charge is 2.17. The molecule has 3 heteroatoms. The first kappa shape index (κ1) is 12.1. The van der Waals surface area contributed by atoms with Crippen molar-refractivity contribution in [2.45, 2.75) is 13.5 Å². The van der Waals surface area contributed by atoms with E-state index in [1.54, 1.807) is 0 Å². The van der Waals surface area contributed by atoms with Gasteiger partial charge in [-0.25, -0.2) is 0 Å². The predicted octanol–water partition coefficient (Wildman–Crippen LogP) is 3.53. The van der Waals surface area contributed by atoms with Gasteiger partial charge in [-0.2, -0.15) is 0 Å². The first-order chi connectivity index (χ1) is 10.3. The molecule has 102 valence electrons. The van der Waals surface area contributed by atoms with E-state index in [0.717, 1.165) is 22.7 Å². The van der Waals surface area contributed by atoms with E-state index in [4.69, 9.17) is 4.99 Å². The molecule has 1 aliphatic rings. The summed E-state index contributed by atoms with van der Waals surface area (Å²) in [4.78, 5) is 9.14. The fraction of sp³-hybridized carbons (Fsp3) is 0.111. The molecule has 1 aliphatic heterocycles. The molecular formula is C18H15N3. The Labute approximate surface area is 123 Å². The average Bonchev–Trinajstić information content (AvgIpc) is 2.92. The van der Waals surface area contributed by atoms with E-state index in [-0.39, 0.29) is 0 Å². The molecule has 0 bridgehead atoms. The normalized spacial score (nSPS) is 13.1. The Bertz CT molecular complexity index is 843. The van der Waals surface area contributed by atoms with Crippen molar-refractivity contribution in [3.8, 4) is 5.69 Å². The van der Waals surface area contributed by atoms with Gasteiger partial charge in [-0.15, -0.1) is 0 Å². The van der Waals surface area contributed by atoms with Crippen LogP contribution >= 0.6 is 0 Å². The van der Waals surface area contributed by atoms with Gasteiger partial charge in [0.1, 0.15) is 0 Å². The predicted molar refractivity (Wildman–Crippen MR) is 84.1 cm³/mol. The average molecular weight is 273 g/mol. The summed E-state index contributed by atoms with van der Waals surface area (Å²) in [7, 11) is 0. The summed E-state index contributed by atoms with van der Waals surface area (Å²) in [6.07, 6.45) is 3.95.